The van der Waals surface area contributed by atoms with Crippen molar-refractivity contribution in [1.29, 1.82) is 0 Å². The molecule has 0 bridgehead atoms. The van der Waals surface area contributed by atoms with Crippen LogP contribution in [-0.2, 0) is 21.2 Å². The van der Waals surface area contributed by atoms with Crippen LogP contribution in [0.25, 0.3) is 11.0 Å². The first-order valence-corrected chi connectivity index (χ1v) is 12.0. The van der Waals surface area contributed by atoms with Gasteiger partial charge in [-0.3, -0.25) is 0 Å². The van der Waals surface area contributed by atoms with E-state index in [1.807, 2.05) is 13.8 Å². The van der Waals surface area contributed by atoms with Gasteiger partial charge in [-0.25, -0.2) is 18.0 Å². The van der Waals surface area contributed by atoms with E-state index < -0.39 is 27.7 Å². The second-order valence-electron chi connectivity index (χ2n) is 8.08. The number of hydrogen-bond acceptors (Lipinski definition) is 6. The van der Waals surface area contributed by atoms with Crippen LogP contribution in [0.1, 0.15) is 38.3 Å². The number of esters is 1. The van der Waals surface area contributed by atoms with Crippen LogP contribution in [0.3, 0.4) is 0 Å². The normalized spacial score (nSPS) is 12.8. The van der Waals surface area contributed by atoms with Crippen LogP contribution in [0.15, 0.2) is 62.6 Å². The zero-order valence-electron chi connectivity index (χ0n) is 18.5. The number of carbonyl (C=O) groups excluding carboxylic acids is 1. The quantitative estimate of drug-likeness (QED) is 0.312. The van der Waals surface area contributed by atoms with Gasteiger partial charge in [-0.2, -0.15) is 4.72 Å². The molecule has 7 nitrogen and oxygen atoms in total. The largest absolute Gasteiger partial charge is 0.425 e. The number of aryl methyl sites for hydroxylation is 2. The summed E-state index contributed by atoms with van der Waals surface area (Å²) in [5.74, 6) is -0.946. The highest BCUT2D eigenvalue weighted by atomic mass is 32.2. The highest BCUT2D eigenvalue weighted by Gasteiger charge is 2.30. The molecule has 1 atom stereocenters. The fraction of sp³-hybridized carbons (Fsp3) is 0.333. The number of fused-ring (bicyclic) bond motifs is 1. The van der Waals surface area contributed by atoms with Gasteiger partial charge in [0.15, 0.2) is 0 Å². The predicted molar refractivity (Wildman–Crippen MR) is 122 cm³/mol. The van der Waals surface area contributed by atoms with Gasteiger partial charge in [-0.15, -0.1) is 0 Å². The minimum absolute atomic E-state index is 0.0671. The smallest absolute Gasteiger partial charge is 0.336 e. The third-order valence-electron chi connectivity index (χ3n) is 5.07. The van der Waals surface area contributed by atoms with Crippen molar-refractivity contribution >= 4 is 27.0 Å². The second kappa shape index (κ2) is 9.67. The van der Waals surface area contributed by atoms with Crippen molar-refractivity contribution in [3.63, 3.8) is 0 Å². The summed E-state index contributed by atoms with van der Waals surface area (Å²) in [7, 11) is -3.92. The number of nitrogens with one attached hydrogen (secondary N) is 1. The van der Waals surface area contributed by atoms with Crippen LogP contribution in [0, 0.1) is 12.8 Å². The zero-order valence-corrected chi connectivity index (χ0v) is 19.4. The monoisotopic (exact) mass is 457 g/mol. The molecule has 0 saturated carbocycles. The lowest BCUT2D eigenvalue weighted by Crippen LogP contribution is -2.46. The summed E-state index contributed by atoms with van der Waals surface area (Å²) in [5.41, 5.74) is 1.62. The van der Waals surface area contributed by atoms with Crippen LogP contribution in [-0.4, -0.2) is 20.4 Å². The van der Waals surface area contributed by atoms with E-state index in [2.05, 4.69) is 4.72 Å². The van der Waals surface area contributed by atoms with Crippen molar-refractivity contribution in [1.82, 2.24) is 4.72 Å². The maximum Gasteiger partial charge on any atom is 0.336 e. The number of rotatable bonds is 8. The Morgan fingerprint density at radius 3 is 2.41 bits per heavy atom. The van der Waals surface area contributed by atoms with Gasteiger partial charge in [-0.05, 0) is 49.1 Å². The van der Waals surface area contributed by atoms with Crippen molar-refractivity contribution in [2.75, 3.05) is 0 Å². The number of benzene rings is 2. The van der Waals surface area contributed by atoms with E-state index in [9.17, 15) is 18.0 Å². The topological polar surface area (TPSA) is 103 Å². The molecule has 0 aliphatic heterocycles. The van der Waals surface area contributed by atoms with Crippen molar-refractivity contribution < 1.29 is 22.4 Å². The lowest BCUT2D eigenvalue weighted by atomic mass is 10.1. The molecule has 1 aromatic heterocycles. The summed E-state index contributed by atoms with van der Waals surface area (Å²) in [5, 5.41) is 0.770. The molecule has 170 valence electrons. The molecule has 0 spiro atoms. The SMILES string of the molecule is CCCc1cc(=O)oc2cc(OC(=O)[C@@H](NS(=O)(=O)c3ccc(C)cc3)C(C)C)ccc12. The predicted octanol–water partition coefficient (Wildman–Crippen LogP) is 3.96. The fourth-order valence-corrected chi connectivity index (χ4v) is 4.67. The third kappa shape index (κ3) is 5.44. The Hall–Kier alpha value is -2.97. The van der Waals surface area contributed by atoms with Gasteiger partial charge < -0.3 is 9.15 Å². The van der Waals surface area contributed by atoms with E-state index in [1.54, 1.807) is 38.1 Å². The van der Waals surface area contributed by atoms with Crippen LogP contribution < -0.4 is 15.1 Å². The average molecular weight is 458 g/mol. The molecule has 0 unspecified atom stereocenters. The van der Waals surface area contributed by atoms with Crippen molar-refractivity contribution in [2.24, 2.45) is 5.92 Å². The molecule has 0 fully saturated rings. The molecule has 2 aromatic carbocycles. The summed E-state index contributed by atoms with van der Waals surface area (Å²) in [6.45, 7) is 7.31. The summed E-state index contributed by atoms with van der Waals surface area (Å²) in [6.07, 6.45) is 1.59. The van der Waals surface area contributed by atoms with Gasteiger partial charge in [0.1, 0.15) is 17.4 Å². The molecule has 8 heteroatoms. The molecule has 1 heterocycles. The molecule has 3 rings (SSSR count). The second-order valence-corrected chi connectivity index (χ2v) is 9.79. The molecule has 0 amide bonds. The van der Waals surface area contributed by atoms with Crippen LogP contribution in [0.5, 0.6) is 5.75 Å². The van der Waals surface area contributed by atoms with Gasteiger partial charge in [0.2, 0.25) is 10.0 Å². The van der Waals surface area contributed by atoms with E-state index in [1.165, 1.54) is 24.3 Å². The molecule has 1 N–H and O–H groups in total. The molecular formula is C24H27NO6S. The zero-order chi connectivity index (χ0) is 23.5. The lowest BCUT2D eigenvalue weighted by molar-refractivity contribution is -0.137. The maximum atomic E-state index is 12.8. The Morgan fingerprint density at radius 1 is 1.09 bits per heavy atom. The Morgan fingerprint density at radius 2 is 1.78 bits per heavy atom. The standard InChI is InChI=1S/C24H27NO6S/c1-5-6-17-13-22(26)31-21-14-18(9-12-20(17)21)30-24(27)23(15(2)3)25-32(28,29)19-10-7-16(4)8-11-19/h7-15,23,25H,5-6H2,1-4H3/t23-/m0/s1. The van der Waals surface area contributed by atoms with Crippen molar-refractivity contribution in [3.05, 3.63) is 70.1 Å². The van der Waals surface area contributed by atoms with Gasteiger partial charge in [0.05, 0.1) is 4.90 Å². The van der Waals surface area contributed by atoms with E-state index in [4.69, 9.17) is 9.15 Å². The first-order chi connectivity index (χ1) is 15.1. The first-order valence-electron chi connectivity index (χ1n) is 10.5. The highest BCUT2D eigenvalue weighted by Crippen LogP contribution is 2.24. The Labute approximate surface area is 187 Å². The minimum Gasteiger partial charge on any atom is -0.425 e. The summed E-state index contributed by atoms with van der Waals surface area (Å²) in [6, 6.07) is 11.5. The summed E-state index contributed by atoms with van der Waals surface area (Å²) >= 11 is 0. The highest BCUT2D eigenvalue weighted by molar-refractivity contribution is 7.89. The van der Waals surface area contributed by atoms with Gasteiger partial charge >= 0.3 is 11.6 Å². The van der Waals surface area contributed by atoms with Crippen LogP contribution in [0.2, 0.25) is 0 Å². The lowest BCUT2D eigenvalue weighted by Gasteiger charge is -2.21. The van der Waals surface area contributed by atoms with Gasteiger partial charge in [0, 0.05) is 17.5 Å². The minimum atomic E-state index is -3.92. The third-order valence-corrected chi connectivity index (χ3v) is 6.53. The number of ether oxygens (including phenoxy) is 1. The van der Waals surface area contributed by atoms with Crippen molar-refractivity contribution in [3.8, 4) is 5.75 Å². The van der Waals surface area contributed by atoms with E-state index >= 15 is 0 Å². The summed E-state index contributed by atoms with van der Waals surface area (Å²) < 4.78 is 38.7. The number of sulfonamides is 1. The van der Waals surface area contributed by atoms with E-state index in [0.717, 1.165) is 29.4 Å². The average Bonchev–Trinajstić information content (AvgIpc) is 2.72. The molecule has 0 radical (unpaired) electrons. The maximum absolute atomic E-state index is 12.8. The van der Waals surface area contributed by atoms with Gasteiger partial charge in [-0.1, -0.05) is 44.9 Å². The fourth-order valence-electron chi connectivity index (χ4n) is 3.34. The molecule has 3 aromatic rings. The van der Waals surface area contributed by atoms with Crippen LogP contribution in [0.4, 0.5) is 0 Å². The van der Waals surface area contributed by atoms with Crippen LogP contribution >= 0.6 is 0 Å². The van der Waals surface area contributed by atoms with Gasteiger partial charge in [0.25, 0.3) is 0 Å². The molecule has 0 aliphatic rings. The van der Waals surface area contributed by atoms with E-state index in [-0.39, 0.29) is 16.6 Å². The molecular weight excluding hydrogens is 430 g/mol. The Kier molecular flexibility index (Phi) is 7.16. The number of hydrogen-bond donors (Lipinski definition) is 1. The molecule has 32 heavy (non-hydrogen) atoms. The van der Waals surface area contributed by atoms with Crippen molar-refractivity contribution in [2.45, 2.75) is 51.5 Å². The molecule has 0 aliphatic carbocycles. The Bertz CT molecular complexity index is 1280. The summed E-state index contributed by atoms with van der Waals surface area (Å²) in [4.78, 5) is 24.8. The van der Waals surface area contributed by atoms with E-state index in [0.29, 0.717) is 5.58 Å². The Balaban J connectivity index is 1.85. The first kappa shape index (κ1) is 23.7. The number of carbonyl (C=O) groups is 1. The molecule has 0 saturated heterocycles.